The maximum Gasteiger partial charge on any atom is 0.356 e. The van der Waals surface area contributed by atoms with Crippen molar-refractivity contribution in [3.63, 3.8) is 0 Å². The highest BCUT2D eigenvalue weighted by atomic mass is 16.4. The van der Waals surface area contributed by atoms with Gasteiger partial charge in [0.25, 0.3) is 0 Å². The molecule has 15 heavy (non-hydrogen) atoms. The highest BCUT2D eigenvalue weighted by molar-refractivity contribution is 5.91. The topological polar surface area (TPSA) is 98.1 Å². The third kappa shape index (κ3) is 3.03. The Labute approximate surface area is 86.8 Å². The third-order valence-corrected chi connectivity index (χ3v) is 1.66. The summed E-state index contributed by atoms with van der Waals surface area (Å²) in [4.78, 5) is 14.7. The molecular weight excluding hydrogens is 196 g/mol. The van der Waals surface area contributed by atoms with Gasteiger partial charge in [0, 0.05) is 18.5 Å². The molecule has 1 rings (SSSR count). The molecule has 0 saturated carbocycles. The van der Waals surface area contributed by atoms with Crippen molar-refractivity contribution >= 4 is 17.9 Å². The number of aromatic nitrogens is 1. The van der Waals surface area contributed by atoms with Crippen LogP contribution in [0.4, 0.5) is 5.69 Å². The number of hydrogen-bond acceptors (Lipinski definition) is 5. The van der Waals surface area contributed by atoms with Gasteiger partial charge in [-0.1, -0.05) is 0 Å². The van der Waals surface area contributed by atoms with Gasteiger partial charge in [-0.2, -0.15) is 0 Å². The second-order valence-corrected chi connectivity index (χ2v) is 2.86. The molecule has 0 fully saturated rings. The zero-order valence-electron chi connectivity index (χ0n) is 8.24. The molecule has 0 spiro atoms. The van der Waals surface area contributed by atoms with E-state index in [0.29, 0.717) is 17.9 Å². The maximum atomic E-state index is 10.8. The molecule has 0 unspecified atom stereocenters. The van der Waals surface area contributed by atoms with Crippen molar-refractivity contribution in [2.24, 2.45) is 0 Å². The number of rotatable bonds is 5. The summed E-state index contributed by atoms with van der Waals surface area (Å²) in [5, 5.41) is 15.7. The molecule has 0 amide bonds. The molecule has 1 aromatic rings. The van der Waals surface area contributed by atoms with Crippen LogP contribution >= 0.6 is 0 Å². The third-order valence-electron chi connectivity index (χ3n) is 1.66. The van der Waals surface area contributed by atoms with E-state index in [9.17, 15) is 4.79 Å². The van der Waals surface area contributed by atoms with Gasteiger partial charge >= 0.3 is 5.97 Å². The summed E-state index contributed by atoms with van der Waals surface area (Å²) in [7, 11) is 0. The first-order chi connectivity index (χ1) is 7.15. The lowest BCUT2D eigenvalue weighted by Gasteiger charge is -2.08. The van der Waals surface area contributed by atoms with E-state index in [1.807, 2.05) is 0 Å². The average Bonchev–Trinajstić information content (AvgIpc) is 2.20. The Balaban J connectivity index is 2.85. The van der Waals surface area contributed by atoms with Crippen LogP contribution < -0.4 is 10.9 Å². The van der Waals surface area contributed by atoms with E-state index in [0.717, 1.165) is 6.21 Å². The number of carbonyl (C=O) groups is 1. The minimum atomic E-state index is -1.09. The molecule has 0 bridgehead atoms. The van der Waals surface area contributed by atoms with Crippen LogP contribution in [0.1, 0.15) is 16.2 Å². The Bertz CT molecular complexity index is 378. The van der Waals surface area contributed by atoms with Gasteiger partial charge in [0.05, 0.1) is 5.69 Å². The smallest absolute Gasteiger partial charge is 0.356 e. The minimum Gasteiger partial charge on any atom is -0.476 e. The molecule has 6 nitrogen and oxygen atoms in total. The van der Waals surface area contributed by atoms with Crippen LogP contribution in [0.2, 0.25) is 0 Å². The fourth-order valence-corrected chi connectivity index (χ4v) is 1.02. The second kappa shape index (κ2) is 5.06. The van der Waals surface area contributed by atoms with Crippen LogP contribution in [-0.2, 0) is 0 Å². The van der Waals surface area contributed by atoms with Crippen LogP contribution in [0, 0.1) is 12.3 Å². The second-order valence-electron chi connectivity index (χ2n) is 2.86. The molecule has 80 valence electrons. The van der Waals surface area contributed by atoms with Crippen LogP contribution in [0.5, 0.6) is 0 Å². The van der Waals surface area contributed by atoms with Crippen molar-refractivity contribution < 1.29 is 9.90 Å². The van der Waals surface area contributed by atoms with Crippen molar-refractivity contribution in [3.05, 3.63) is 23.5 Å². The van der Waals surface area contributed by atoms with Crippen molar-refractivity contribution in [2.45, 2.75) is 6.92 Å². The molecule has 1 heterocycles. The molecule has 0 saturated heterocycles. The number of aromatic carboxylic acids is 1. The Morgan fingerprint density at radius 2 is 2.40 bits per heavy atom. The van der Waals surface area contributed by atoms with E-state index in [2.05, 4.69) is 15.8 Å². The molecule has 0 radical (unpaired) electrons. The first kappa shape index (κ1) is 11.1. The lowest BCUT2D eigenvalue weighted by Crippen LogP contribution is -2.25. The molecule has 0 aliphatic heterocycles. The number of hydrogen-bond donors (Lipinski definition) is 4. The number of pyridine rings is 1. The van der Waals surface area contributed by atoms with Crippen molar-refractivity contribution in [2.75, 3.05) is 12.0 Å². The standard InChI is InChI=1S/C9H12N4O2/c1-6-2-3-7(13-11-5-4-10)8(12-6)9(14)15/h2-4,10-11,13H,5H2,1H3,(H,14,15). The SMILES string of the molecule is Cc1ccc(NNCC=N)c(C(=O)O)n1. The molecule has 4 N–H and O–H groups in total. The highest BCUT2D eigenvalue weighted by Crippen LogP contribution is 2.12. The zero-order valence-corrected chi connectivity index (χ0v) is 8.24. The predicted octanol–water partition coefficient (Wildman–Crippen LogP) is 0.654. The van der Waals surface area contributed by atoms with Gasteiger partial charge in [-0.3, -0.25) is 0 Å². The molecule has 0 aliphatic carbocycles. The summed E-state index contributed by atoms with van der Waals surface area (Å²) >= 11 is 0. The first-order valence-corrected chi connectivity index (χ1v) is 4.34. The van der Waals surface area contributed by atoms with Gasteiger partial charge < -0.3 is 15.9 Å². The van der Waals surface area contributed by atoms with E-state index in [1.54, 1.807) is 19.1 Å². The molecular formula is C9H12N4O2. The number of nitrogens with zero attached hydrogens (tertiary/aromatic N) is 1. The molecule has 0 aliphatic rings. The van der Waals surface area contributed by atoms with Gasteiger partial charge in [0.2, 0.25) is 0 Å². The summed E-state index contributed by atoms with van der Waals surface area (Å²) in [6.45, 7) is 2.04. The van der Waals surface area contributed by atoms with Gasteiger partial charge in [-0.25, -0.2) is 15.2 Å². The molecule has 0 atom stereocenters. The Kier molecular flexibility index (Phi) is 3.75. The average molecular weight is 208 g/mol. The summed E-state index contributed by atoms with van der Waals surface area (Å²) in [5.74, 6) is -1.09. The predicted molar refractivity (Wildman–Crippen MR) is 56.3 cm³/mol. The summed E-state index contributed by atoms with van der Waals surface area (Å²) in [6, 6.07) is 3.34. The van der Waals surface area contributed by atoms with Crippen LogP contribution in [-0.4, -0.2) is 28.8 Å². The minimum absolute atomic E-state index is 0.0347. The summed E-state index contributed by atoms with van der Waals surface area (Å²) in [5.41, 5.74) is 6.34. The lowest BCUT2D eigenvalue weighted by molar-refractivity contribution is 0.0691. The van der Waals surface area contributed by atoms with Gasteiger partial charge in [0.15, 0.2) is 5.69 Å². The zero-order chi connectivity index (χ0) is 11.3. The van der Waals surface area contributed by atoms with E-state index in [4.69, 9.17) is 10.5 Å². The van der Waals surface area contributed by atoms with Gasteiger partial charge in [-0.15, -0.1) is 0 Å². The number of nitrogens with one attached hydrogen (secondary N) is 3. The normalized spacial score (nSPS) is 9.67. The van der Waals surface area contributed by atoms with E-state index < -0.39 is 5.97 Å². The molecule has 0 aromatic carbocycles. The Hall–Kier alpha value is -1.95. The summed E-state index contributed by atoms with van der Waals surface area (Å²) in [6.07, 6.45) is 1.16. The monoisotopic (exact) mass is 208 g/mol. The Morgan fingerprint density at radius 1 is 1.67 bits per heavy atom. The van der Waals surface area contributed by atoms with Crippen LogP contribution in [0.3, 0.4) is 0 Å². The van der Waals surface area contributed by atoms with Crippen molar-refractivity contribution in [3.8, 4) is 0 Å². The van der Waals surface area contributed by atoms with E-state index >= 15 is 0 Å². The van der Waals surface area contributed by atoms with Crippen LogP contribution in [0.25, 0.3) is 0 Å². The quantitative estimate of drug-likeness (QED) is 0.323. The van der Waals surface area contributed by atoms with Crippen molar-refractivity contribution in [1.29, 1.82) is 5.41 Å². The van der Waals surface area contributed by atoms with Crippen LogP contribution in [0.15, 0.2) is 12.1 Å². The van der Waals surface area contributed by atoms with Gasteiger partial charge in [0.1, 0.15) is 0 Å². The summed E-state index contributed by atoms with van der Waals surface area (Å²) < 4.78 is 0. The fraction of sp³-hybridized carbons (Fsp3) is 0.222. The largest absolute Gasteiger partial charge is 0.476 e. The lowest BCUT2D eigenvalue weighted by atomic mass is 10.2. The van der Waals surface area contributed by atoms with Crippen molar-refractivity contribution in [1.82, 2.24) is 10.4 Å². The number of aryl methyl sites for hydroxylation is 1. The highest BCUT2D eigenvalue weighted by Gasteiger charge is 2.11. The number of anilines is 1. The van der Waals surface area contributed by atoms with E-state index in [-0.39, 0.29) is 5.69 Å². The van der Waals surface area contributed by atoms with Gasteiger partial charge in [-0.05, 0) is 19.1 Å². The first-order valence-electron chi connectivity index (χ1n) is 4.34. The van der Waals surface area contributed by atoms with E-state index in [1.165, 1.54) is 0 Å². The molecule has 6 heteroatoms. The number of carboxylic acid groups (broad SMARTS) is 1. The number of carboxylic acids is 1. The number of hydrazine groups is 1. The fourth-order valence-electron chi connectivity index (χ4n) is 1.02. The Morgan fingerprint density at radius 3 is 3.00 bits per heavy atom. The molecule has 1 aromatic heterocycles. The maximum absolute atomic E-state index is 10.8.